The SMILES string of the molecule is Cc1cc(F)ccc1Oc1ccc([C@H](C)O)cc1Br. The smallest absolute Gasteiger partial charge is 0.141 e. The van der Waals surface area contributed by atoms with Gasteiger partial charge in [0.25, 0.3) is 0 Å². The minimum atomic E-state index is -0.530. The summed E-state index contributed by atoms with van der Waals surface area (Å²) in [6.07, 6.45) is -0.530. The molecule has 1 atom stereocenters. The van der Waals surface area contributed by atoms with Crippen molar-refractivity contribution >= 4 is 15.9 Å². The Balaban J connectivity index is 2.28. The third-order valence-electron chi connectivity index (χ3n) is 2.80. The molecule has 100 valence electrons. The van der Waals surface area contributed by atoms with Gasteiger partial charge in [-0.1, -0.05) is 6.07 Å². The number of aryl methyl sites for hydroxylation is 1. The predicted molar refractivity (Wildman–Crippen MR) is 76.0 cm³/mol. The van der Waals surface area contributed by atoms with Gasteiger partial charge in [0.05, 0.1) is 10.6 Å². The lowest BCUT2D eigenvalue weighted by atomic mass is 10.1. The number of rotatable bonds is 3. The summed E-state index contributed by atoms with van der Waals surface area (Å²) in [7, 11) is 0. The molecule has 2 aromatic rings. The molecule has 0 aliphatic heterocycles. The van der Waals surface area contributed by atoms with E-state index in [0.29, 0.717) is 11.5 Å². The van der Waals surface area contributed by atoms with Crippen molar-refractivity contribution in [3.8, 4) is 11.5 Å². The minimum absolute atomic E-state index is 0.284. The molecule has 4 heteroatoms. The largest absolute Gasteiger partial charge is 0.456 e. The van der Waals surface area contributed by atoms with Crippen LogP contribution in [-0.4, -0.2) is 5.11 Å². The van der Waals surface area contributed by atoms with Crippen LogP contribution in [0.15, 0.2) is 40.9 Å². The van der Waals surface area contributed by atoms with E-state index in [2.05, 4.69) is 15.9 Å². The third-order valence-corrected chi connectivity index (χ3v) is 3.41. The summed E-state index contributed by atoms with van der Waals surface area (Å²) in [6, 6.07) is 9.75. The summed E-state index contributed by atoms with van der Waals surface area (Å²) >= 11 is 3.40. The topological polar surface area (TPSA) is 29.5 Å². The summed E-state index contributed by atoms with van der Waals surface area (Å²) in [5.74, 6) is 0.944. The molecule has 2 rings (SSSR count). The van der Waals surface area contributed by atoms with Gasteiger partial charge in [-0.15, -0.1) is 0 Å². The van der Waals surface area contributed by atoms with Gasteiger partial charge in [-0.2, -0.15) is 0 Å². The van der Waals surface area contributed by atoms with Gasteiger partial charge in [-0.25, -0.2) is 4.39 Å². The molecule has 1 N–H and O–H groups in total. The Morgan fingerprint density at radius 1 is 1.16 bits per heavy atom. The maximum atomic E-state index is 13.0. The number of ether oxygens (including phenoxy) is 1. The number of benzene rings is 2. The van der Waals surface area contributed by atoms with Gasteiger partial charge in [-0.3, -0.25) is 0 Å². The molecule has 0 heterocycles. The first-order valence-electron chi connectivity index (χ1n) is 5.89. The van der Waals surface area contributed by atoms with Crippen LogP contribution in [0.25, 0.3) is 0 Å². The van der Waals surface area contributed by atoms with Gasteiger partial charge in [0, 0.05) is 0 Å². The summed E-state index contributed by atoms with van der Waals surface area (Å²) in [6.45, 7) is 3.49. The van der Waals surface area contributed by atoms with Gasteiger partial charge < -0.3 is 9.84 Å². The Bertz CT molecular complexity index is 597. The van der Waals surface area contributed by atoms with Crippen LogP contribution >= 0.6 is 15.9 Å². The summed E-state index contributed by atoms with van der Waals surface area (Å²) < 4.78 is 19.5. The first kappa shape index (κ1) is 14.0. The van der Waals surface area contributed by atoms with Crippen LogP contribution in [0.1, 0.15) is 24.2 Å². The van der Waals surface area contributed by atoms with Gasteiger partial charge >= 0.3 is 0 Å². The standard InChI is InChI=1S/C15H14BrFO2/c1-9-7-12(17)4-6-14(9)19-15-5-3-11(10(2)18)8-13(15)16/h3-8,10,18H,1-2H3/t10-/m0/s1. The van der Waals surface area contributed by atoms with Crippen molar-refractivity contribution < 1.29 is 14.2 Å². The van der Waals surface area contributed by atoms with Crippen LogP contribution in [0.3, 0.4) is 0 Å². The molecule has 0 unspecified atom stereocenters. The molecule has 0 aliphatic carbocycles. The number of aliphatic hydroxyl groups is 1. The Hall–Kier alpha value is -1.39. The number of aliphatic hydroxyl groups excluding tert-OH is 1. The zero-order chi connectivity index (χ0) is 14.0. The van der Waals surface area contributed by atoms with Crippen molar-refractivity contribution in [1.29, 1.82) is 0 Å². The fraction of sp³-hybridized carbons (Fsp3) is 0.200. The molecular formula is C15H14BrFO2. The van der Waals surface area contributed by atoms with Crippen LogP contribution in [0.5, 0.6) is 11.5 Å². The van der Waals surface area contributed by atoms with Crippen molar-refractivity contribution in [1.82, 2.24) is 0 Å². The van der Waals surface area contributed by atoms with Crippen LogP contribution < -0.4 is 4.74 Å². The van der Waals surface area contributed by atoms with Crippen molar-refractivity contribution in [3.05, 3.63) is 57.8 Å². The highest BCUT2D eigenvalue weighted by atomic mass is 79.9. The fourth-order valence-corrected chi connectivity index (χ4v) is 2.18. The van der Waals surface area contributed by atoms with E-state index in [1.165, 1.54) is 12.1 Å². The molecule has 0 bridgehead atoms. The number of hydrogen-bond donors (Lipinski definition) is 1. The predicted octanol–water partition coefficient (Wildman–Crippen LogP) is 4.74. The van der Waals surface area contributed by atoms with Gasteiger partial charge in [-0.05, 0) is 71.2 Å². The van der Waals surface area contributed by atoms with Crippen LogP contribution in [0.2, 0.25) is 0 Å². The highest BCUT2D eigenvalue weighted by Gasteiger charge is 2.09. The molecule has 0 spiro atoms. The molecule has 0 saturated carbocycles. The van der Waals surface area contributed by atoms with Crippen molar-refractivity contribution in [3.63, 3.8) is 0 Å². The highest BCUT2D eigenvalue weighted by Crippen LogP contribution is 2.33. The lowest BCUT2D eigenvalue weighted by Crippen LogP contribution is -1.93. The maximum absolute atomic E-state index is 13.0. The number of hydrogen-bond acceptors (Lipinski definition) is 2. The molecule has 0 saturated heterocycles. The van der Waals surface area contributed by atoms with E-state index >= 15 is 0 Å². The van der Waals surface area contributed by atoms with E-state index in [1.807, 2.05) is 0 Å². The van der Waals surface area contributed by atoms with Gasteiger partial charge in [0.1, 0.15) is 17.3 Å². The molecule has 2 nitrogen and oxygen atoms in total. The van der Waals surface area contributed by atoms with E-state index in [-0.39, 0.29) is 5.82 Å². The molecule has 0 aromatic heterocycles. The second kappa shape index (κ2) is 5.72. The second-order valence-corrected chi connectivity index (χ2v) is 5.23. The lowest BCUT2D eigenvalue weighted by Gasteiger charge is -2.12. The molecule has 19 heavy (non-hydrogen) atoms. The van der Waals surface area contributed by atoms with Crippen LogP contribution in [0.4, 0.5) is 4.39 Å². The van der Waals surface area contributed by atoms with Gasteiger partial charge in [0.2, 0.25) is 0 Å². The first-order valence-corrected chi connectivity index (χ1v) is 6.68. The molecule has 2 aromatic carbocycles. The molecule has 0 aliphatic rings. The Kier molecular flexibility index (Phi) is 4.22. The van der Waals surface area contributed by atoms with E-state index in [9.17, 15) is 9.50 Å². The van der Waals surface area contributed by atoms with Crippen molar-refractivity contribution in [2.75, 3.05) is 0 Å². The molecule has 0 amide bonds. The quantitative estimate of drug-likeness (QED) is 0.883. The van der Waals surface area contributed by atoms with E-state index in [4.69, 9.17) is 4.74 Å². The third kappa shape index (κ3) is 3.33. The first-order chi connectivity index (χ1) is 8.97. The lowest BCUT2D eigenvalue weighted by molar-refractivity contribution is 0.199. The zero-order valence-corrected chi connectivity index (χ0v) is 12.2. The Morgan fingerprint density at radius 2 is 1.84 bits per heavy atom. The average Bonchev–Trinajstić information content (AvgIpc) is 2.34. The van der Waals surface area contributed by atoms with E-state index in [0.717, 1.165) is 15.6 Å². The van der Waals surface area contributed by atoms with Gasteiger partial charge in [0.15, 0.2) is 0 Å². The van der Waals surface area contributed by atoms with Crippen molar-refractivity contribution in [2.24, 2.45) is 0 Å². The normalized spacial score (nSPS) is 12.3. The molecular weight excluding hydrogens is 311 g/mol. The Morgan fingerprint density at radius 3 is 2.42 bits per heavy atom. The molecule has 0 fully saturated rings. The monoisotopic (exact) mass is 324 g/mol. The summed E-state index contributed by atoms with van der Waals surface area (Å²) in [5.41, 5.74) is 1.53. The zero-order valence-electron chi connectivity index (χ0n) is 10.7. The summed E-state index contributed by atoms with van der Waals surface area (Å²) in [4.78, 5) is 0. The molecule has 0 radical (unpaired) electrons. The fourth-order valence-electron chi connectivity index (χ4n) is 1.71. The summed E-state index contributed by atoms with van der Waals surface area (Å²) in [5, 5.41) is 9.50. The van der Waals surface area contributed by atoms with Crippen LogP contribution in [-0.2, 0) is 0 Å². The van der Waals surface area contributed by atoms with Crippen molar-refractivity contribution in [2.45, 2.75) is 20.0 Å². The van der Waals surface area contributed by atoms with E-state index < -0.39 is 6.10 Å². The maximum Gasteiger partial charge on any atom is 0.141 e. The number of halogens is 2. The minimum Gasteiger partial charge on any atom is -0.456 e. The Labute approximate surface area is 120 Å². The average molecular weight is 325 g/mol. The van der Waals surface area contributed by atoms with Crippen LogP contribution in [0, 0.1) is 12.7 Å². The second-order valence-electron chi connectivity index (χ2n) is 4.38. The highest BCUT2D eigenvalue weighted by molar-refractivity contribution is 9.10. The van der Waals surface area contributed by atoms with E-state index in [1.54, 1.807) is 38.1 Å².